The van der Waals surface area contributed by atoms with Crippen LogP contribution in [0.5, 0.6) is 6.01 Å². The van der Waals surface area contributed by atoms with Gasteiger partial charge in [-0.1, -0.05) is 6.92 Å². The lowest BCUT2D eigenvalue weighted by Gasteiger charge is -2.06. The molecule has 0 aromatic carbocycles. The lowest BCUT2D eigenvalue weighted by atomic mass is 10.4. The van der Waals surface area contributed by atoms with E-state index < -0.39 is 0 Å². The van der Waals surface area contributed by atoms with Gasteiger partial charge >= 0.3 is 12.0 Å². The predicted octanol–water partition coefficient (Wildman–Crippen LogP) is 1.29. The third kappa shape index (κ3) is 5.13. The van der Waals surface area contributed by atoms with Gasteiger partial charge in [0.2, 0.25) is 11.2 Å². The minimum Gasteiger partial charge on any atom is -0.469 e. The number of carbonyl (C=O) groups is 1. The van der Waals surface area contributed by atoms with Crippen LogP contribution in [0.15, 0.2) is 0 Å². The summed E-state index contributed by atoms with van der Waals surface area (Å²) in [6.45, 7) is 2.82. The number of halogens is 1. The van der Waals surface area contributed by atoms with Crippen LogP contribution in [-0.4, -0.2) is 41.2 Å². The van der Waals surface area contributed by atoms with Crippen molar-refractivity contribution in [1.82, 2.24) is 15.0 Å². The Bertz CT molecular complexity index is 403. The molecule has 0 unspecified atom stereocenters. The molecule has 7 nitrogen and oxygen atoms in total. The fourth-order valence-corrected chi connectivity index (χ4v) is 1.20. The highest BCUT2D eigenvalue weighted by atomic mass is 35.5. The molecule has 0 saturated heterocycles. The van der Waals surface area contributed by atoms with Gasteiger partial charge in [-0.15, -0.1) is 0 Å². The highest BCUT2D eigenvalue weighted by Crippen LogP contribution is 2.11. The summed E-state index contributed by atoms with van der Waals surface area (Å²) in [6, 6.07) is 0.164. The number of hydrogen-bond acceptors (Lipinski definition) is 7. The highest BCUT2D eigenvalue weighted by Gasteiger charge is 2.06. The second-order valence-electron chi connectivity index (χ2n) is 3.31. The zero-order valence-corrected chi connectivity index (χ0v) is 11.0. The Balaban J connectivity index is 2.54. The van der Waals surface area contributed by atoms with Crippen molar-refractivity contribution in [3.05, 3.63) is 5.28 Å². The molecule has 0 aliphatic rings. The molecule has 1 N–H and O–H groups in total. The number of ether oxygens (including phenoxy) is 2. The van der Waals surface area contributed by atoms with Crippen LogP contribution in [0.2, 0.25) is 5.28 Å². The van der Waals surface area contributed by atoms with Crippen LogP contribution in [0.3, 0.4) is 0 Å². The molecule has 0 fully saturated rings. The van der Waals surface area contributed by atoms with Crippen molar-refractivity contribution in [2.24, 2.45) is 0 Å². The van der Waals surface area contributed by atoms with Crippen LogP contribution < -0.4 is 10.1 Å². The van der Waals surface area contributed by atoms with Gasteiger partial charge in [-0.25, -0.2) is 0 Å². The molecule has 0 amide bonds. The lowest BCUT2D eigenvalue weighted by Crippen LogP contribution is -2.12. The summed E-state index contributed by atoms with van der Waals surface area (Å²) in [5.74, 6) is -0.0462. The molecule has 1 rings (SSSR count). The lowest BCUT2D eigenvalue weighted by molar-refractivity contribution is -0.140. The van der Waals surface area contributed by atoms with Crippen molar-refractivity contribution >= 4 is 23.5 Å². The Kier molecular flexibility index (Phi) is 6.13. The Labute approximate surface area is 110 Å². The van der Waals surface area contributed by atoms with E-state index in [4.69, 9.17) is 16.3 Å². The van der Waals surface area contributed by atoms with E-state index in [0.29, 0.717) is 13.2 Å². The molecule has 0 radical (unpaired) electrons. The van der Waals surface area contributed by atoms with E-state index in [1.165, 1.54) is 7.11 Å². The third-order valence-corrected chi connectivity index (χ3v) is 2.03. The smallest absolute Gasteiger partial charge is 0.322 e. The Morgan fingerprint density at radius 1 is 1.39 bits per heavy atom. The number of hydrogen-bond donors (Lipinski definition) is 1. The van der Waals surface area contributed by atoms with Crippen molar-refractivity contribution < 1.29 is 14.3 Å². The summed E-state index contributed by atoms with van der Waals surface area (Å²) in [5, 5.41) is 2.88. The molecule has 8 heteroatoms. The monoisotopic (exact) mass is 274 g/mol. The minimum absolute atomic E-state index is 0.0386. The second kappa shape index (κ2) is 7.65. The van der Waals surface area contributed by atoms with E-state index in [-0.39, 0.29) is 29.6 Å². The summed E-state index contributed by atoms with van der Waals surface area (Å²) >= 11 is 5.72. The summed E-state index contributed by atoms with van der Waals surface area (Å²) < 4.78 is 9.75. The summed E-state index contributed by atoms with van der Waals surface area (Å²) in [4.78, 5) is 22.6. The van der Waals surface area contributed by atoms with E-state index in [9.17, 15) is 4.79 Å². The molecule has 0 saturated carbocycles. The standard InChI is InChI=1S/C10H15ClN4O3/c1-3-6-18-10-14-8(11)13-9(15-10)12-5-4-7(16)17-2/h3-6H2,1-2H3,(H,12,13,14,15). The molecule has 1 heterocycles. The number of rotatable bonds is 7. The largest absolute Gasteiger partial charge is 0.469 e. The minimum atomic E-state index is -0.315. The van der Waals surface area contributed by atoms with E-state index >= 15 is 0 Å². The van der Waals surface area contributed by atoms with Crippen LogP contribution in [0.4, 0.5) is 5.95 Å². The predicted molar refractivity (Wildman–Crippen MR) is 65.7 cm³/mol. The van der Waals surface area contributed by atoms with Crippen LogP contribution in [0.25, 0.3) is 0 Å². The molecule has 1 aromatic heterocycles. The molecule has 0 bridgehead atoms. The average Bonchev–Trinajstić information content (AvgIpc) is 2.35. The molecular weight excluding hydrogens is 260 g/mol. The maximum absolute atomic E-state index is 10.9. The fourth-order valence-electron chi connectivity index (χ4n) is 1.05. The number of nitrogens with zero attached hydrogens (tertiary/aromatic N) is 3. The van der Waals surface area contributed by atoms with Gasteiger partial charge in [0.15, 0.2) is 0 Å². The SMILES string of the molecule is CCCOc1nc(Cl)nc(NCCC(=O)OC)n1. The highest BCUT2D eigenvalue weighted by molar-refractivity contribution is 6.28. The normalized spacial score (nSPS) is 9.94. The molecule has 0 aliphatic carbocycles. The Morgan fingerprint density at radius 2 is 2.17 bits per heavy atom. The fraction of sp³-hybridized carbons (Fsp3) is 0.600. The van der Waals surface area contributed by atoms with Gasteiger partial charge in [0.25, 0.3) is 0 Å². The van der Waals surface area contributed by atoms with E-state index in [1.807, 2.05) is 6.92 Å². The molecule has 18 heavy (non-hydrogen) atoms. The molecule has 100 valence electrons. The summed E-state index contributed by atoms with van der Waals surface area (Å²) in [6.07, 6.45) is 1.05. The topological polar surface area (TPSA) is 86.2 Å². The molecule has 1 aromatic rings. The van der Waals surface area contributed by atoms with Gasteiger partial charge in [0, 0.05) is 6.54 Å². The third-order valence-electron chi connectivity index (χ3n) is 1.86. The van der Waals surface area contributed by atoms with Crippen LogP contribution in [-0.2, 0) is 9.53 Å². The summed E-state index contributed by atoms with van der Waals surface area (Å²) in [7, 11) is 1.33. The first-order chi connectivity index (χ1) is 8.65. The number of esters is 1. The van der Waals surface area contributed by atoms with Crippen molar-refractivity contribution in [1.29, 1.82) is 0 Å². The average molecular weight is 275 g/mol. The van der Waals surface area contributed by atoms with Gasteiger partial charge in [-0.3, -0.25) is 4.79 Å². The number of methoxy groups -OCH3 is 1. The molecule has 0 atom stereocenters. The zero-order chi connectivity index (χ0) is 13.4. The number of aromatic nitrogens is 3. The zero-order valence-electron chi connectivity index (χ0n) is 10.3. The van der Waals surface area contributed by atoms with Crippen LogP contribution in [0.1, 0.15) is 19.8 Å². The van der Waals surface area contributed by atoms with E-state index in [2.05, 4.69) is 25.0 Å². The first kappa shape index (κ1) is 14.4. The molecule has 0 aliphatic heterocycles. The molecule has 0 spiro atoms. The van der Waals surface area contributed by atoms with Crippen molar-refractivity contribution in [3.63, 3.8) is 0 Å². The van der Waals surface area contributed by atoms with Crippen molar-refractivity contribution in [2.45, 2.75) is 19.8 Å². The van der Waals surface area contributed by atoms with E-state index in [0.717, 1.165) is 6.42 Å². The maximum atomic E-state index is 10.9. The molecular formula is C10H15ClN4O3. The number of anilines is 1. The van der Waals surface area contributed by atoms with Gasteiger partial charge < -0.3 is 14.8 Å². The quantitative estimate of drug-likeness (QED) is 0.750. The number of nitrogens with one attached hydrogen (secondary N) is 1. The van der Waals surface area contributed by atoms with Crippen molar-refractivity contribution in [3.8, 4) is 6.01 Å². The Hall–Kier alpha value is -1.63. The Morgan fingerprint density at radius 3 is 2.83 bits per heavy atom. The van der Waals surface area contributed by atoms with Gasteiger partial charge in [-0.2, -0.15) is 15.0 Å². The van der Waals surface area contributed by atoms with Crippen LogP contribution >= 0.6 is 11.6 Å². The van der Waals surface area contributed by atoms with E-state index in [1.54, 1.807) is 0 Å². The first-order valence-electron chi connectivity index (χ1n) is 5.50. The summed E-state index contributed by atoms with van der Waals surface area (Å²) in [5.41, 5.74) is 0. The maximum Gasteiger partial charge on any atom is 0.322 e. The first-order valence-corrected chi connectivity index (χ1v) is 5.88. The van der Waals surface area contributed by atoms with Crippen LogP contribution in [0, 0.1) is 0 Å². The van der Waals surface area contributed by atoms with Crippen molar-refractivity contribution in [2.75, 3.05) is 25.6 Å². The van der Waals surface area contributed by atoms with Gasteiger partial charge in [-0.05, 0) is 18.0 Å². The van der Waals surface area contributed by atoms with Gasteiger partial charge in [0.1, 0.15) is 0 Å². The number of carbonyl (C=O) groups excluding carboxylic acids is 1. The van der Waals surface area contributed by atoms with Gasteiger partial charge in [0.05, 0.1) is 20.1 Å². The second-order valence-corrected chi connectivity index (χ2v) is 3.65.